The fraction of sp³-hybridized carbons (Fsp3) is 0.320. The highest BCUT2D eigenvalue weighted by atomic mass is 16.5. The van der Waals surface area contributed by atoms with Crippen LogP contribution in [0.1, 0.15) is 52.5 Å². The third-order valence-electron chi connectivity index (χ3n) is 5.82. The number of ether oxygens (including phenoxy) is 1. The van der Waals surface area contributed by atoms with Crippen molar-refractivity contribution in [1.29, 1.82) is 0 Å². The zero-order valence-corrected chi connectivity index (χ0v) is 17.7. The zero-order chi connectivity index (χ0) is 21.6. The van der Waals surface area contributed by atoms with Crippen LogP contribution in [0.5, 0.6) is 5.75 Å². The molecule has 1 aliphatic rings. The Kier molecular flexibility index (Phi) is 6.46. The predicted octanol–water partition coefficient (Wildman–Crippen LogP) is 4.70. The lowest BCUT2D eigenvalue weighted by molar-refractivity contribution is 0.0694. The number of aromatic carboxylic acids is 1. The fourth-order valence-corrected chi connectivity index (χ4v) is 4.20. The number of carboxylic acids is 1. The largest absolute Gasteiger partial charge is 0.497 e. The molecule has 0 unspecified atom stereocenters. The molecular weight excluding hydrogens is 390 g/mol. The van der Waals surface area contributed by atoms with E-state index >= 15 is 0 Å². The van der Waals surface area contributed by atoms with Crippen LogP contribution in [-0.4, -0.2) is 34.7 Å². The van der Waals surface area contributed by atoms with Gasteiger partial charge in [-0.15, -0.1) is 0 Å². The van der Waals surface area contributed by atoms with Crippen molar-refractivity contribution in [3.8, 4) is 5.75 Å². The second-order valence-corrected chi connectivity index (χ2v) is 7.80. The number of aromatic nitrogens is 2. The van der Waals surface area contributed by atoms with E-state index in [-0.39, 0.29) is 11.6 Å². The van der Waals surface area contributed by atoms with Gasteiger partial charge in [0.2, 0.25) is 5.95 Å². The Bertz CT molecular complexity index is 1020. The van der Waals surface area contributed by atoms with E-state index in [9.17, 15) is 9.90 Å². The first-order valence-electron chi connectivity index (χ1n) is 10.7. The summed E-state index contributed by atoms with van der Waals surface area (Å²) in [6.45, 7) is 0.854. The Morgan fingerprint density at radius 1 is 1.13 bits per heavy atom. The van der Waals surface area contributed by atoms with Crippen LogP contribution < -0.4 is 9.64 Å². The summed E-state index contributed by atoms with van der Waals surface area (Å²) in [6, 6.07) is 18.5. The first kappa shape index (κ1) is 20.8. The molecule has 0 amide bonds. The molecule has 3 aromatic rings. The Hall–Kier alpha value is -3.41. The van der Waals surface area contributed by atoms with Crippen molar-refractivity contribution >= 4 is 11.9 Å². The highest BCUT2D eigenvalue weighted by Gasteiger charge is 2.29. The molecule has 0 aliphatic carbocycles. The highest BCUT2D eigenvalue weighted by molar-refractivity contribution is 5.88. The molecule has 1 fully saturated rings. The second kappa shape index (κ2) is 9.60. The average Bonchev–Trinajstić information content (AvgIpc) is 3.29. The van der Waals surface area contributed by atoms with Crippen molar-refractivity contribution in [2.45, 2.75) is 38.1 Å². The van der Waals surface area contributed by atoms with Gasteiger partial charge in [0.05, 0.1) is 24.4 Å². The van der Waals surface area contributed by atoms with Crippen molar-refractivity contribution in [3.05, 3.63) is 83.2 Å². The lowest BCUT2D eigenvalue weighted by Gasteiger charge is -2.25. The molecule has 0 bridgehead atoms. The number of carbonyl (C=O) groups is 1. The third-order valence-corrected chi connectivity index (χ3v) is 5.82. The molecule has 160 valence electrons. The van der Waals surface area contributed by atoms with Gasteiger partial charge in [-0.3, -0.25) is 0 Å². The fourth-order valence-electron chi connectivity index (χ4n) is 4.20. The van der Waals surface area contributed by atoms with Crippen LogP contribution in [0.25, 0.3) is 0 Å². The topological polar surface area (TPSA) is 75.5 Å². The lowest BCUT2D eigenvalue weighted by Crippen LogP contribution is -2.25. The van der Waals surface area contributed by atoms with E-state index in [0.29, 0.717) is 18.1 Å². The summed E-state index contributed by atoms with van der Waals surface area (Å²) < 4.78 is 5.27. The molecule has 1 saturated heterocycles. The molecule has 0 spiro atoms. The molecule has 31 heavy (non-hydrogen) atoms. The van der Waals surface area contributed by atoms with Crippen molar-refractivity contribution in [1.82, 2.24) is 9.97 Å². The molecule has 2 aromatic carbocycles. The van der Waals surface area contributed by atoms with E-state index in [1.165, 1.54) is 17.3 Å². The molecule has 1 aromatic heterocycles. The summed E-state index contributed by atoms with van der Waals surface area (Å²) in [5, 5.41) is 9.61. The quantitative estimate of drug-likeness (QED) is 0.573. The van der Waals surface area contributed by atoms with Gasteiger partial charge < -0.3 is 14.7 Å². The number of rotatable bonds is 8. The maximum absolute atomic E-state index is 11.7. The Morgan fingerprint density at radius 2 is 1.90 bits per heavy atom. The molecule has 1 aliphatic heterocycles. The number of anilines is 1. The first-order valence-corrected chi connectivity index (χ1v) is 10.7. The molecule has 4 rings (SSSR count). The maximum Gasteiger partial charge on any atom is 0.339 e. The second-order valence-electron chi connectivity index (χ2n) is 7.80. The van der Waals surface area contributed by atoms with Gasteiger partial charge in [-0.1, -0.05) is 42.5 Å². The number of hydrogen-bond acceptors (Lipinski definition) is 5. The Labute approximate surface area is 182 Å². The van der Waals surface area contributed by atoms with Crippen molar-refractivity contribution in [2.75, 3.05) is 18.6 Å². The van der Waals surface area contributed by atoms with E-state index in [1.54, 1.807) is 7.11 Å². The number of benzene rings is 2. The van der Waals surface area contributed by atoms with Crippen LogP contribution in [0, 0.1) is 0 Å². The SMILES string of the molecule is COc1ccc([C@H]2CCCN2c2ncc(C(=O)O)c(CCCc3ccccc3)n2)cc1. The van der Waals surface area contributed by atoms with E-state index in [1.807, 2.05) is 30.3 Å². The minimum Gasteiger partial charge on any atom is -0.497 e. The van der Waals surface area contributed by atoms with Gasteiger partial charge in [-0.05, 0) is 55.4 Å². The van der Waals surface area contributed by atoms with Crippen LogP contribution in [-0.2, 0) is 12.8 Å². The van der Waals surface area contributed by atoms with Crippen LogP contribution in [0.2, 0.25) is 0 Å². The zero-order valence-electron chi connectivity index (χ0n) is 17.7. The van der Waals surface area contributed by atoms with Gasteiger partial charge >= 0.3 is 5.97 Å². The summed E-state index contributed by atoms with van der Waals surface area (Å²) >= 11 is 0. The van der Waals surface area contributed by atoms with E-state index in [4.69, 9.17) is 9.72 Å². The van der Waals surface area contributed by atoms with Gasteiger partial charge in [0.25, 0.3) is 0 Å². The number of aryl methyl sites for hydroxylation is 2. The minimum atomic E-state index is -0.977. The smallest absolute Gasteiger partial charge is 0.339 e. The number of nitrogens with zero attached hydrogens (tertiary/aromatic N) is 3. The number of hydrogen-bond donors (Lipinski definition) is 1. The van der Waals surface area contributed by atoms with E-state index < -0.39 is 5.97 Å². The predicted molar refractivity (Wildman–Crippen MR) is 120 cm³/mol. The van der Waals surface area contributed by atoms with Gasteiger partial charge in [0.15, 0.2) is 0 Å². The standard InChI is InChI=1S/C25H27N3O3/c1-31-20-14-12-19(13-15-20)23-11-6-16-28(23)25-26-17-21(24(29)30)22(27-25)10-5-9-18-7-3-2-4-8-18/h2-4,7-8,12-15,17,23H,5-6,9-11,16H2,1H3,(H,29,30)/t23-/m1/s1. The van der Waals surface area contributed by atoms with Crippen LogP contribution in [0.15, 0.2) is 60.8 Å². The van der Waals surface area contributed by atoms with Gasteiger partial charge in [-0.25, -0.2) is 14.8 Å². The number of carboxylic acid groups (broad SMARTS) is 1. The first-order chi connectivity index (χ1) is 15.2. The third kappa shape index (κ3) is 4.85. The summed E-state index contributed by atoms with van der Waals surface area (Å²) in [7, 11) is 1.66. The minimum absolute atomic E-state index is 0.179. The van der Waals surface area contributed by atoms with E-state index in [2.05, 4.69) is 34.1 Å². The normalized spacial score (nSPS) is 15.8. The Balaban J connectivity index is 1.54. The van der Waals surface area contributed by atoms with Crippen molar-refractivity contribution < 1.29 is 14.6 Å². The van der Waals surface area contributed by atoms with Gasteiger partial charge in [-0.2, -0.15) is 0 Å². The summed E-state index contributed by atoms with van der Waals surface area (Å²) in [6.07, 6.45) is 5.85. The highest BCUT2D eigenvalue weighted by Crippen LogP contribution is 2.35. The summed E-state index contributed by atoms with van der Waals surface area (Å²) in [5.41, 5.74) is 3.23. The molecule has 6 heteroatoms. The molecule has 0 saturated carbocycles. The van der Waals surface area contributed by atoms with Gasteiger partial charge in [0, 0.05) is 12.7 Å². The van der Waals surface area contributed by atoms with Gasteiger partial charge in [0.1, 0.15) is 5.75 Å². The molecular formula is C25H27N3O3. The Morgan fingerprint density at radius 3 is 2.61 bits per heavy atom. The number of methoxy groups -OCH3 is 1. The van der Waals surface area contributed by atoms with Crippen LogP contribution >= 0.6 is 0 Å². The van der Waals surface area contributed by atoms with E-state index in [0.717, 1.165) is 38.0 Å². The average molecular weight is 418 g/mol. The molecule has 1 N–H and O–H groups in total. The summed E-state index contributed by atoms with van der Waals surface area (Å²) in [5.74, 6) is 0.462. The molecule has 1 atom stereocenters. The van der Waals surface area contributed by atoms with Crippen LogP contribution in [0.3, 0.4) is 0 Å². The summed E-state index contributed by atoms with van der Waals surface area (Å²) in [4.78, 5) is 23.1. The maximum atomic E-state index is 11.7. The van der Waals surface area contributed by atoms with Crippen LogP contribution in [0.4, 0.5) is 5.95 Å². The van der Waals surface area contributed by atoms with Crippen molar-refractivity contribution in [3.63, 3.8) is 0 Å². The molecule has 2 heterocycles. The monoisotopic (exact) mass is 417 g/mol. The van der Waals surface area contributed by atoms with Crippen molar-refractivity contribution in [2.24, 2.45) is 0 Å². The molecule has 6 nitrogen and oxygen atoms in total. The lowest BCUT2D eigenvalue weighted by atomic mass is 10.0. The molecule has 0 radical (unpaired) electrons.